The molecule has 8 aromatic rings. The van der Waals surface area contributed by atoms with Crippen LogP contribution in [-0.2, 0) is 32.5 Å². The van der Waals surface area contributed by atoms with Gasteiger partial charge >= 0.3 is 6.85 Å². The standard InChI is InChI=1S/C65H69BN2S/c1-38-32-45-48(64(10,11)30-28-61(45,4)5)36-51(38)67-53-33-39-18-14-15-19-41(39)56-43-35-47-49(65(12,13)31-29-63(47,8)9)37-52(43)68(40-22-23-44-46(34-40)62(6,7)27-26-60(44,2)3)66(58(53)56)50-24-25-55-57(59(50)67)42-20-16-17-21-54(42)69-55/h14-25,32-37H,26-31H2,1-13H3. The van der Waals surface area contributed by atoms with E-state index in [1.54, 1.807) is 0 Å². The number of thiophene rings is 1. The van der Waals surface area contributed by atoms with Crippen molar-refractivity contribution in [1.82, 2.24) is 0 Å². The fraction of sp³-hybridized carbons (Fsp3) is 0.385. The van der Waals surface area contributed by atoms with Gasteiger partial charge in [-0.2, -0.15) is 0 Å². The quantitative estimate of drug-likeness (QED) is 0.159. The lowest BCUT2D eigenvalue weighted by Crippen LogP contribution is -2.62. The fourth-order valence-electron chi connectivity index (χ4n) is 14.3. The zero-order chi connectivity index (χ0) is 48.1. The van der Waals surface area contributed by atoms with Crippen molar-refractivity contribution in [3.05, 3.63) is 148 Å². The summed E-state index contributed by atoms with van der Waals surface area (Å²) in [5, 5.41) is 5.36. The van der Waals surface area contributed by atoms with Crippen LogP contribution in [0.1, 0.15) is 161 Å². The van der Waals surface area contributed by atoms with E-state index in [1.807, 2.05) is 11.3 Å². The molecule has 0 N–H and O–H groups in total. The molecule has 0 fully saturated rings. The van der Waals surface area contributed by atoms with Gasteiger partial charge in [0.15, 0.2) is 0 Å². The summed E-state index contributed by atoms with van der Waals surface area (Å²) in [4.78, 5) is 5.62. The van der Waals surface area contributed by atoms with Gasteiger partial charge < -0.3 is 9.71 Å². The zero-order valence-corrected chi connectivity index (χ0v) is 44.3. The third-order valence-corrected chi connectivity index (χ3v) is 20.1. The molecule has 13 rings (SSSR count). The number of hydrogen-bond acceptors (Lipinski definition) is 3. The molecule has 7 aromatic carbocycles. The van der Waals surface area contributed by atoms with Gasteiger partial charge in [0.1, 0.15) is 0 Å². The number of rotatable bonds is 2. The van der Waals surface area contributed by atoms with Crippen molar-refractivity contribution in [2.24, 2.45) is 0 Å². The van der Waals surface area contributed by atoms with Crippen LogP contribution in [0.3, 0.4) is 0 Å². The molecule has 0 atom stereocenters. The molecule has 69 heavy (non-hydrogen) atoms. The van der Waals surface area contributed by atoms with E-state index in [-0.39, 0.29) is 39.3 Å². The van der Waals surface area contributed by atoms with Crippen molar-refractivity contribution < 1.29 is 0 Å². The van der Waals surface area contributed by atoms with Gasteiger partial charge in [-0.25, -0.2) is 0 Å². The third-order valence-electron chi connectivity index (χ3n) is 18.9. The molecule has 1 aromatic heterocycles. The van der Waals surface area contributed by atoms with Gasteiger partial charge in [0.05, 0.1) is 5.69 Å². The summed E-state index contributed by atoms with van der Waals surface area (Å²) >= 11 is 1.94. The highest BCUT2D eigenvalue weighted by atomic mass is 32.1. The van der Waals surface area contributed by atoms with Crippen LogP contribution in [0.5, 0.6) is 0 Å². The summed E-state index contributed by atoms with van der Waals surface area (Å²) in [6.07, 6.45) is 7.11. The SMILES string of the molecule is Cc1cc2c(cc1N1c3cc4ccccc4c4c3B(c3ccc5sc6ccccc6c5c31)N(c1ccc3c(c1)C(C)(C)CCC3(C)C)c1cc3c(cc1-4)C(C)(C)CCC3(C)C)C(C)(C)CCC2(C)C. The Morgan fingerprint density at radius 1 is 0.464 bits per heavy atom. The molecule has 0 bridgehead atoms. The molecule has 3 heterocycles. The minimum Gasteiger partial charge on any atom is -0.376 e. The first-order valence-corrected chi connectivity index (χ1v) is 27.0. The van der Waals surface area contributed by atoms with Crippen molar-refractivity contribution in [2.45, 2.75) is 161 Å². The monoisotopic (exact) mass is 921 g/mol. The number of nitrogens with zero attached hydrogens (tertiary/aromatic N) is 2. The molecular formula is C65H69BN2S. The highest BCUT2D eigenvalue weighted by Crippen LogP contribution is 2.58. The van der Waals surface area contributed by atoms with Crippen LogP contribution in [0.15, 0.2) is 109 Å². The normalized spacial score (nSPS) is 20.5. The van der Waals surface area contributed by atoms with Crippen LogP contribution < -0.4 is 20.6 Å². The summed E-state index contributed by atoms with van der Waals surface area (Å²) in [5.41, 5.74) is 23.1. The first kappa shape index (κ1) is 43.7. The smallest absolute Gasteiger partial charge is 0.333 e. The molecule has 0 saturated carbocycles. The minimum absolute atomic E-state index is 0.0486. The number of benzene rings is 7. The average molecular weight is 921 g/mol. The average Bonchev–Trinajstić information content (AvgIpc) is 3.70. The Kier molecular flexibility index (Phi) is 8.84. The van der Waals surface area contributed by atoms with E-state index < -0.39 is 0 Å². The predicted octanol–water partition coefficient (Wildman–Crippen LogP) is 17.3. The van der Waals surface area contributed by atoms with E-state index in [4.69, 9.17) is 0 Å². The maximum Gasteiger partial charge on any atom is 0.333 e. The summed E-state index contributed by atoms with van der Waals surface area (Å²) in [6.45, 7) is 32.1. The maximum absolute atomic E-state index is 2.84. The van der Waals surface area contributed by atoms with Gasteiger partial charge in [-0.05, 0) is 193 Å². The predicted molar refractivity (Wildman–Crippen MR) is 301 cm³/mol. The van der Waals surface area contributed by atoms with Crippen LogP contribution in [0.4, 0.5) is 28.4 Å². The summed E-state index contributed by atoms with van der Waals surface area (Å²) < 4.78 is 2.69. The Hall–Kier alpha value is -5.32. The Balaban J connectivity index is 1.22. The largest absolute Gasteiger partial charge is 0.376 e. The number of hydrogen-bond donors (Lipinski definition) is 0. The molecule has 3 aliphatic carbocycles. The van der Waals surface area contributed by atoms with Crippen LogP contribution in [0.25, 0.3) is 42.1 Å². The van der Waals surface area contributed by atoms with E-state index in [1.165, 1.54) is 159 Å². The summed E-state index contributed by atoms with van der Waals surface area (Å²) in [6, 6.07) is 44.4. The van der Waals surface area contributed by atoms with Crippen molar-refractivity contribution in [1.29, 1.82) is 0 Å². The Bertz CT molecular complexity index is 3560. The van der Waals surface area contributed by atoms with Crippen LogP contribution in [0.2, 0.25) is 0 Å². The van der Waals surface area contributed by atoms with Crippen LogP contribution >= 0.6 is 11.3 Å². The maximum atomic E-state index is 2.84. The first-order valence-electron chi connectivity index (χ1n) is 26.2. The van der Waals surface area contributed by atoms with E-state index >= 15 is 0 Å². The molecule has 348 valence electrons. The van der Waals surface area contributed by atoms with Gasteiger partial charge in [0.25, 0.3) is 0 Å². The highest BCUT2D eigenvalue weighted by Gasteiger charge is 2.50. The van der Waals surface area contributed by atoms with Crippen molar-refractivity contribution in [2.75, 3.05) is 9.71 Å². The number of aryl methyl sites for hydroxylation is 1. The van der Waals surface area contributed by atoms with Gasteiger partial charge in [0.2, 0.25) is 0 Å². The van der Waals surface area contributed by atoms with E-state index in [9.17, 15) is 0 Å². The van der Waals surface area contributed by atoms with Crippen molar-refractivity contribution >= 4 is 88.5 Å². The highest BCUT2D eigenvalue weighted by molar-refractivity contribution is 7.26. The molecule has 0 amide bonds. The molecule has 5 aliphatic rings. The summed E-state index contributed by atoms with van der Waals surface area (Å²) in [5.74, 6) is 0. The van der Waals surface area contributed by atoms with Crippen molar-refractivity contribution in [3.63, 3.8) is 0 Å². The Labute approximate surface area is 416 Å². The topological polar surface area (TPSA) is 6.48 Å². The molecule has 0 saturated heterocycles. The van der Waals surface area contributed by atoms with Crippen LogP contribution in [-0.4, -0.2) is 6.85 Å². The molecular weight excluding hydrogens is 852 g/mol. The second-order valence-corrected chi connectivity index (χ2v) is 27.2. The van der Waals surface area contributed by atoms with Crippen molar-refractivity contribution in [3.8, 4) is 11.1 Å². The van der Waals surface area contributed by atoms with Gasteiger partial charge in [0, 0.05) is 48.5 Å². The summed E-state index contributed by atoms with van der Waals surface area (Å²) in [7, 11) is 0. The molecule has 0 spiro atoms. The second-order valence-electron chi connectivity index (χ2n) is 26.1. The second kappa shape index (κ2) is 14.0. The Morgan fingerprint density at radius 2 is 1.00 bits per heavy atom. The molecule has 0 unspecified atom stereocenters. The lowest BCUT2D eigenvalue weighted by Gasteiger charge is -2.49. The Morgan fingerprint density at radius 3 is 1.65 bits per heavy atom. The lowest BCUT2D eigenvalue weighted by molar-refractivity contribution is 0.332. The van der Waals surface area contributed by atoms with E-state index in [2.05, 4.69) is 209 Å². The fourth-order valence-corrected chi connectivity index (χ4v) is 15.4. The number of anilines is 5. The van der Waals surface area contributed by atoms with Gasteiger partial charge in [-0.1, -0.05) is 144 Å². The lowest BCUT2D eigenvalue weighted by atomic mass is 9.42. The molecule has 2 aliphatic heterocycles. The van der Waals surface area contributed by atoms with Gasteiger partial charge in [-0.3, -0.25) is 0 Å². The van der Waals surface area contributed by atoms with E-state index in [0.717, 1.165) is 0 Å². The number of fused-ring (bicyclic) bond motifs is 13. The first-order chi connectivity index (χ1) is 32.6. The van der Waals surface area contributed by atoms with Crippen LogP contribution in [0, 0.1) is 6.92 Å². The third kappa shape index (κ3) is 6.03. The van der Waals surface area contributed by atoms with E-state index in [0.29, 0.717) is 0 Å². The van der Waals surface area contributed by atoms with Gasteiger partial charge in [-0.15, -0.1) is 11.3 Å². The zero-order valence-electron chi connectivity index (χ0n) is 43.5. The molecule has 2 nitrogen and oxygen atoms in total. The minimum atomic E-state index is -0.0785. The molecule has 0 radical (unpaired) electrons. The molecule has 4 heteroatoms.